The first-order valence-corrected chi connectivity index (χ1v) is 6.42. The van der Waals surface area contributed by atoms with Gasteiger partial charge in [0.05, 0.1) is 6.54 Å². The van der Waals surface area contributed by atoms with Crippen LogP contribution in [0, 0.1) is 0 Å². The van der Waals surface area contributed by atoms with E-state index in [0.29, 0.717) is 6.42 Å². The van der Waals surface area contributed by atoms with Crippen LogP contribution >= 0.6 is 0 Å². The van der Waals surface area contributed by atoms with E-state index in [9.17, 15) is 18.0 Å². The molecule has 0 heterocycles. The number of benzene rings is 1. The molecule has 1 amide bonds. The van der Waals surface area contributed by atoms with Crippen molar-refractivity contribution in [3.05, 3.63) is 35.4 Å². The van der Waals surface area contributed by atoms with Gasteiger partial charge in [-0.25, -0.2) is 0 Å². The third-order valence-corrected chi connectivity index (χ3v) is 2.94. The number of hydrogen-bond donors (Lipinski definition) is 2. The van der Waals surface area contributed by atoms with E-state index in [1.54, 1.807) is 0 Å². The second-order valence-electron chi connectivity index (χ2n) is 4.53. The summed E-state index contributed by atoms with van der Waals surface area (Å²) in [4.78, 5) is 11.4. The zero-order chi connectivity index (χ0) is 15.2. The molecule has 1 unspecified atom stereocenters. The van der Waals surface area contributed by atoms with Gasteiger partial charge < -0.3 is 10.4 Å². The molecule has 0 aromatic heterocycles. The number of amides is 1. The second-order valence-corrected chi connectivity index (χ2v) is 4.53. The van der Waals surface area contributed by atoms with E-state index in [4.69, 9.17) is 5.11 Å². The first-order valence-electron chi connectivity index (χ1n) is 6.42. The second kappa shape index (κ2) is 7.28. The predicted octanol–water partition coefficient (Wildman–Crippen LogP) is 2.22. The van der Waals surface area contributed by atoms with Gasteiger partial charge >= 0.3 is 6.18 Å². The van der Waals surface area contributed by atoms with Gasteiger partial charge in [0.1, 0.15) is 0 Å². The summed E-state index contributed by atoms with van der Waals surface area (Å²) in [6.07, 6.45) is -5.75. The van der Waals surface area contributed by atoms with Gasteiger partial charge in [0.2, 0.25) is 5.91 Å². The summed E-state index contributed by atoms with van der Waals surface area (Å²) < 4.78 is 36.1. The molecule has 0 fully saturated rings. The smallest absolute Gasteiger partial charge is 0.382 e. The third-order valence-electron chi connectivity index (χ3n) is 2.94. The summed E-state index contributed by atoms with van der Waals surface area (Å²) in [5.74, 6) is -0.507. The van der Waals surface area contributed by atoms with Crippen LogP contribution in [0.25, 0.3) is 0 Å². The first-order chi connectivity index (χ1) is 9.32. The minimum Gasteiger partial charge on any atom is -0.382 e. The highest BCUT2D eigenvalue weighted by Gasteiger charge is 2.38. The Morgan fingerprint density at radius 1 is 1.25 bits per heavy atom. The van der Waals surface area contributed by atoms with Crippen LogP contribution < -0.4 is 5.32 Å². The highest BCUT2D eigenvalue weighted by atomic mass is 19.4. The maximum absolute atomic E-state index is 12.0. The Morgan fingerprint density at radius 2 is 1.80 bits per heavy atom. The molecular formula is C14H18F3NO2. The van der Waals surface area contributed by atoms with Gasteiger partial charge in [0.15, 0.2) is 6.10 Å². The van der Waals surface area contributed by atoms with Gasteiger partial charge in [-0.05, 0) is 24.0 Å². The fraction of sp³-hybridized carbons (Fsp3) is 0.500. The molecule has 0 spiro atoms. The van der Waals surface area contributed by atoms with Crippen LogP contribution in [0.2, 0.25) is 0 Å². The Bertz CT molecular complexity index is 429. The monoisotopic (exact) mass is 289 g/mol. The number of alkyl halides is 3. The number of carbonyl (C=O) groups is 1. The maximum Gasteiger partial charge on any atom is 0.416 e. The number of aliphatic hydroxyl groups is 1. The Balaban J connectivity index is 2.32. The van der Waals surface area contributed by atoms with Crippen molar-refractivity contribution >= 4 is 5.91 Å². The van der Waals surface area contributed by atoms with Crippen LogP contribution in [-0.4, -0.2) is 29.8 Å². The lowest BCUT2D eigenvalue weighted by molar-refractivity contribution is -0.201. The van der Waals surface area contributed by atoms with Gasteiger partial charge in [-0.15, -0.1) is 0 Å². The Hall–Kier alpha value is -1.56. The molecule has 0 aliphatic carbocycles. The van der Waals surface area contributed by atoms with Crippen LogP contribution in [0.3, 0.4) is 0 Å². The average Bonchev–Trinajstić information content (AvgIpc) is 2.41. The van der Waals surface area contributed by atoms with E-state index >= 15 is 0 Å². The largest absolute Gasteiger partial charge is 0.416 e. The molecule has 112 valence electrons. The van der Waals surface area contributed by atoms with E-state index in [-0.39, 0.29) is 6.42 Å². The zero-order valence-electron chi connectivity index (χ0n) is 11.2. The summed E-state index contributed by atoms with van der Waals surface area (Å²) >= 11 is 0. The lowest BCUT2D eigenvalue weighted by Gasteiger charge is -2.14. The Kier molecular flexibility index (Phi) is 6.01. The van der Waals surface area contributed by atoms with Crippen molar-refractivity contribution < 1.29 is 23.1 Å². The number of carbonyl (C=O) groups excluding carboxylic acids is 1. The van der Waals surface area contributed by atoms with Gasteiger partial charge in [0.25, 0.3) is 0 Å². The SMILES string of the molecule is CCc1ccc(CCC(=O)NCC(O)C(F)(F)F)cc1. The van der Waals surface area contributed by atoms with Crippen LogP contribution in [-0.2, 0) is 17.6 Å². The number of aliphatic hydroxyl groups excluding tert-OH is 1. The molecule has 1 aromatic rings. The van der Waals surface area contributed by atoms with Crippen LogP contribution in [0.15, 0.2) is 24.3 Å². The van der Waals surface area contributed by atoms with Gasteiger partial charge in [0, 0.05) is 6.42 Å². The van der Waals surface area contributed by atoms with Crippen LogP contribution in [0.1, 0.15) is 24.5 Å². The van der Waals surface area contributed by atoms with Gasteiger partial charge in [-0.3, -0.25) is 4.79 Å². The number of hydrogen-bond acceptors (Lipinski definition) is 2. The van der Waals surface area contributed by atoms with Crippen molar-refractivity contribution in [1.29, 1.82) is 0 Å². The number of aryl methyl sites for hydroxylation is 2. The van der Waals surface area contributed by atoms with Crippen molar-refractivity contribution in [2.75, 3.05) is 6.54 Å². The normalized spacial score (nSPS) is 13.1. The predicted molar refractivity (Wildman–Crippen MR) is 69.2 cm³/mol. The van der Waals surface area contributed by atoms with Crippen LogP contribution in [0.4, 0.5) is 13.2 Å². The van der Waals surface area contributed by atoms with E-state index < -0.39 is 24.7 Å². The molecule has 0 bridgehead atoms. The fourth-order valence-corrected chi connectivity index (χ4v) is 1.61. The highest BCUT2D eigenvalue weighted by molar-refractivity contribution is 5.76. The van der Waals surface area contributed by atoms with Crippen molar-refractivity contribution in [3.63, 3.8) is 0 Å². The lowest BCUT2D eigenvalue weighted by Crippen LogP contribution is -2.40. The zero-order valence-corrected chi connectivity index (χ0v) is 11.2. The molecule has 1 aromatic carbocycles. The molecule has 0 saturated heterocycles. The number of rotatable bonds is 6. The summed E-state index contributed by atoms with van der Waals surface area (Å²) in [6, 6.07) is 7.72. The Labute approximate surface area is 115 Å². The average molecular weight is 289 g/mol. The van der Waals surface area contributed by atoms with Gasteiger partial charge in [-0.2, -0.15) is 13.2 Å². The van der Waals surface area contributed by atoms with Gasteiger partial charge in [-0.1, -0.05) is 31.2 Å². The van der Waals surface area contributed by atoms with E-state index in [0.717, 1.165) is 12.0 Å². The molecule has 0 saturated carbocycles. The van der Waals surface area contributed by atoms with E-state index in [2.05, 4.69) is 5.32 Å². The summed E-state index contributed by atoms with van der Waals surface area (Å²) in [5, 5.41) is 10.8. The van der Waals surface area contributed by atoms with E-state index in [1.807, 2.05) is 31.2 Å². The Morgan fingerprint density at radius 3 is 2.30 bits per heavy atom. The summed E-state index contributed by atoms with van der Waals surface area (Å²) in [6.45, 7) is 1.23. The molecule has 1 atom stereocenters. The summed E-state index contributed by atoms with van der Waals surface area (Å²) in [5.41, 5.74) is 2.14. The number of nitrogens with one attached hydrogen (secondary N) is 1. The minimum absolute atomic E-state index is 0.0933. The molecular weight excluding hydrogens is 271 g/mol. The first kappa shape index (κ1) is 16.5. The molecule has 6 heteroatoms. The minimum atomic E-state index is -4.71. The van der Waals surface area contributed by atoms with E-state index in [1.165, 1.54) is 5.56 Å². The standard InChI is InChI=1S/C14H18F3NO2/c1-2-10-3-5-11(6-4-10)7-8-13(20)18-9-12(19)14(15,16)17/h3-6,12,19H,2,7-9H2,1H3,(H,18,20). The molecule has 0 aliphatic rings. The lowest BCUT2D eigenvalue weighted by atomic mass is 10.1. The topological polar surface area (TPSA) is 49.3 Å². The molecule has 0 aliphatic heterocycles. The quantitative estimate of drug-likeness (QED) is 0.843. The highest BCUT2D eigenvalue weighted by Crippen LogP contribution is 2.19. The maximum atomic E-state index is 12.0. The molecule has 3 nitrogen and oxygen atoms in total. The molecule has 1 rings (SSSR count). The third kappa shape index (κ3) is 5.61. The molecule has 0 radical (unpaired) electrons. The summed E-state index contributed by atoms with van der Waals surface area (Å²) in [7, 11) is 0. The van der Waals surface area contributed by atoms with Crippen molar-refractivity contribution in [1.82, 2.24) is 5.32 Å². The number of halogens is 3. The van der Waals surface area contributed by atoms with Crippen molar-refractivity contribution in [3.8, 4) is 0 Å². The molecule has 2 N–H and O–H groups in total. The molecule has 20 heavy (non-hydrogen) atoms. The van der Waals surface area contributed by atoms with Crippen LogP contribution in [0.5, 0.6) is 0 Å². The van der Waals surface area contributed by atoms with Crippen molar-refractivity contribution in [2.45, 2.75) is 38.5 Å². The van der Waals surface area contributed by atoms with Crippen molar-refractivity contribution in [2.24, 2.45) is 0 Å². The fourth-order valence-electron chi connectivity index (χ4n) is 1.61.